The summed E-state index contributed by atoms with van der Waals surface area (Å²) in [7, 11) is 0.847. The highest BCUT2D eigenvalue weighted by atomic mass is 19.4. The molecule has 0 aliphatic rings. The average molecular weight is 290 g/mol. The number of methoxy groups -OCH3 is 1. The normalized spacial score (nSPS) is 10.6. The second-order valence-corrected chi connectivity index (χ2v) is 3.24. The molecule has 0 aromatic heterocycles. The van der Waals surface area contributed by atoms with E-state index in [-0.39, 0.29) is 0 Å². The predicted octanol–water partition coefficient (Wildman–Crippen LogP) is 2.15. The van der Waals surface area contributed by atoms with Crippen molar-refractivity contribution in [3.63, 3.8) is 0 Å². The zero-order chi connectivity index (χ0) is 15.5. The molecule has 0 aliphatic carbocycles. The molecule has 1 aromatic rings. The van der Waals surface area contributed by atoms with Crippen LogP contribution in [0.15, 0.2) is 12.1 Å². The van der Waals surface area contributed by atoms with Gasteiger partial charge in [0.2, 0.25) is 5.75 Å². The predicted molar refractivity (Wildman–Crippen MR) is 55.8 cm³/mol. The quantitative estimate of drug-likeness (QED) is 0.480. The summed E-state index contributed by atoms with van der Waals surface area (Å²) in [6, 6.07) is 2.89. The van der Waals surface area contributed by atoms with E-state index in [1.54, 1.807) is 0 Å². The average Bonchev–Trinajstić information content (AvgIpc) is 2.34. The van der Waals surface area contributed by atoms with Gasteiger partial charge in [-0.1, -0.05) is 0 Å². The number of nitrogens with zero attached hydrogens (tertiary/aromatic N) is 2. The number of rotatable bonds is 3. The molecule has 0 bridgehead atoms. The van der Waals surface area contributed by atoms with Gasteiger partial charge in [-0.25, -0.2) is 4.79 Å². The van der Waals surface area contributed by atoms with E-state index in [9.17, 15) is 28.1 Å². The van der Waals surface area contributed by atoms with Crippen molar-refractivity contribution < 1.29 is 32.4 Å². The van der Waals surface area contributed by atoms with Crippen molar-refractivity contribution in [3.05, 3.63) is 33.4 Å². The second kappa shape index (κ2) is 5.43. The van der Waals surface area contributed by atoms with Crippen LogP contribution in [0.3, 0.4) is 0 Å². The Kier molecular flexibility index (Phi) is 4.14. The molecule has 0 spiro atoms. The van der Waals surface area contributed by atoms with Crippen LogP contribution in [0.5, 0.6) is 5.75 Å². The minimum absolute atomic E-state index is 0.540. The first-order valence-electron chi connectivity index (χ1n) is 4.76. The first-order valence-corrected chi connectivity index (χ1v) is 4.76. The van der Waals surface area contributed by atoms with Gasteiger partial charge in [-0.3, -0.25) is 10.1 Å². The number of nitro groups is 1. The Morgan fingerprint density at radius 1 is 1.45 bits per heavy atom. The third kappa shape index (κ3) is 3.14. The summed E-state index contributed by atoms with van der Waals surface area (Å²) in [5, 5.41) is 19.4. The van der Waals surface area contributed by atoms with E-state index >= 15 is 0 Å². The lowest BCUT2D eigenvalue weighted by molar-refractivity contribution is -0.388. The van der Waals surface area contributed by atoms with Crippen LogP contribution in [-0.4, -0.2) is 24.4 Å². The van der Waals surface area contributed by atoms with Crippen molar-refractivity contribution in [1.29, 1.82) is 5.26 Å². The number of alkyl halides is 3. The maximum atomic E-state index is 12.3. The SMILES string of the molecule is COC(=O)c1c(C#N)ccc([N+](=O)[O-])c1OC(F)(F)F. The van der Waals surface area contributed by atoms with Crippen molar-refractivity contribution in [3.8, 4) is 11.8 Å². The molecule has 20 heavy (non-hydrogen) atoms. The molecule has 0 N–H and O–H groups in total. The lowest BCUT2D eigenvalue weighted by Gasteiger charge is -2.13. The minimum atomic E-state index is -5.28. The molecular formula is C10H5F3N2O5. The van der Waals surface area contributed by atoms with Crippen molar-refractivity contribution in [2.45, 2.75) is 6.36 Å². The number of esters is 1. The smallest absolute Gasteiger partial charge is 0.465 e. The van der Waals surface area contributed by atoms with E-state index in [2.05, 4.69) is 9.47 Å². The van der Waals surface area contributed by atoms with Crippen LogP contribution in [0.2, 0.25) is 0 Å². The summed E-state index contributed by atoms with van der Waals surface area (Å²) in [6.07, 6.45) is -5.28. The van der Waals surface area contributed by atoms with Crippen LogP contribution < -0.4 is 4.74 Å². The van der Waals surface area contributed by atoms with Crippen LogP contribution in [0.4, 0.5) is 18.9 Å². The van der Waals surface area contributed by atoms with Crippen molar-refractivity contribution >= 4 is 11.7 Å². The molecule has 7 nitrogen and oxygen atoms in total. The Morgan fingerprint density at radius 3 is 2.45 bits per heavy atom. The summed E-state index contributed by atoms with van der Waals surface area (Å²) in [5.41, 5.74) is -2.61. The molecule has 0 radical (unpaired) electrons. The molecule has 0 amide bonds. The van der Waals surface area contributed by atoms with E-state index in [0.29, 0.717) is 6.07 Å². The number of ether oxygens (including phenoxy) is 2. The molecule has 0 heterocycles. The van der Waals surface area contributed by atoms with Gasteiger partial charge < -0.3 is 9.47 Å². The topological polar surface area (TPSA) is 102 Å². The van der Waals surface area contributed by atoms with Crippen molar-refractivity contribution in [2.75, 3.05) is 7.11 Å². The number of carbonyl (C=O) groups is 1. The van der Waals surface area contributed by atoms with Crippen LogP contribution >= 0.6 is 0 Å². The molecule has 0 unspecified atom stereocenters. The fourth-order valence-corrected chi connectivity index (χ4v) is 1.33. The maximum absolute atomic E-state index is 12.3. The highest BCUT2D eigenvalue weighted by molar-refractivity contribution is 5.96. The van der Waals surface area contributed by atoms with Gasteiger partial charge in [0, 0.05) is 6.07 Å². The Bertz CT molecular complexity index is 606. The summed E-state index contributed by atoms with van der Waals surface area (Å²) in [5.74, 6) is -2.74. The van der Waals surface area contributed by atoms with Crippen LogP contribution in [-0.2, 0) is 4.74 Å². The lowest BCUT2D eigenvalue weighted by atomic mass is 10.1. The third-order valence-corrected chi connectivity index (χ3v) is 2.06. The van der Waals surface area contributed by atoms with Gasteiger partial charge in [0.25, 0.3) is 0 Å². The molecule has 0 saturated carbocycles. The van der Waals surface area contributed by atoms with Gasteiger partial charge >= 0.3 is 18.0 Å². The molecule has 10 heteroatoms. The number of nitro benzene ring substituents is 1. The van der Waals surface area contributed by atoms with Crippen LogP contribution in [0.25, 0.3) is 0 Å². The minimum Gasteiger partial charge on any atom is -0.465 e. The maximum Gasteiger partial charge on any atom is 0.573 e. The molecule has 0 atom stereocenters. The molecule has 1 rings (SSSR count). The number of hydrogen-bond donors (Lipinski definition) is 0. The summed E-state index contributed by atoms with van der Waals surface area (Å²) >= 11 is 0. The van der Waals surface area contributed by atoms with Crippen LogP contribution in [0, 0.1) is 21.4 Å². The van der Waals surface area contributed by atoms with Gasteiger partial charge in [-0.15, -0.1) is 13.2 Å². The monoisotopic (exact) mass is 290 g/mol. The van der Waals surface area contributed by atoms with E-state index in [1.807, 2.05) is 0 Å². The number of halogens is 3. The number of hydrogen-bond acceptors (Lipinski definition) is 6. The number of benzene rings is 1. The van der Waals surface area contributed by atoms with Crippen LogP contribution in [0.1, 0.15) is 15.9 Å². The molecule has 106 valence electrons. The molecule has 0 fully saturated rings. The Morgan fingerprint density at radius 2 is 2.05 bits per heavy atom. The van der Waals surface area contributed by atoms with Gasteiger partial charge in [0.05, 0.1) is 17.6 Å². The Labute approximate surface area is 109 Å². The standard InChI is InChI=1S/C10H5F3N2O5/c1-19-9(16)7-5(4-14)2-3-6(15(17)18)8(7)20-10(11,12)13/h2-3H,1H3. The first kappa shape index (κ1) is 15.2. The second-order valence-electron chi connectivity index (χ2n) is 3.24. The molecular weight excluding hydrogens is 285 g/mol. The third-order valence-electron chi connectivity index (χ3n) is 2.06. The van der Waals surface area contributed by atoms with E-state index in [4.69, 9.17) is 5.26 Å². The zero-order valence-electron chi connectivity index (χ0n) is 9.72. The lowest BCUT2D eigenvalue weighted by Crippen LogP contribution is -2.21. The Balaban J connectivity index is 3.66. The van der Waals surface area contributed by atoms with Gasteiger partial charge in [-0.05, 0) is 6.07 Å². The van der Waals surface area contributed by atoms with Gasteiger partial charge in [0.15, 0.2) is 0 Å². The number of carbonyl (C=O) groups excluding carboxylic acids is 1. The molecule has 0 aliphatic heterocycles. The highest BCUT2D eigenvalue weighted by Crippen LogP contribution is 2.37. The Hall–Kier alpha value is -2.83. The fourth-order valence-electron chi connectivity index (χ4n) is 1.33. The molecule has 1 aromatic carbocycles. The van der Waals surface area contributed by atoms with E-state index in [1.165, 1.54) is 6.07 Å². The van der Waals surface area contributed by atoms with Gasteiger partial charge in [0.1, 0.15) is 11.6 Å². The van der Waals surface area contributed by atoms with E-state index in [0.717, 1.165) is 13.2 Å². The zero-order valence-corrected chi connectivity index (χ0v) is 9.72. The van der Waals surface area contributed by atoms with Crippen molar-refractivity contribution in [2.24, 2.45) is 0 Å². The summed E-state index contributed by atoms with van der Waals surface area (Å²) in [4.78, 5) is 21.0. The fraction of sp³-hybridized carbons (Fsp3) is 0.200. The molecule has 0 saturated heterocycles. The first-order chi connectivity index (χ1) is 9.21. The van der Waals surface area contributed by atoms with E-state index < -0.39 is 39.8 Å². The summed E-state index contributed by atoms with van der Waals surface area (Å²) in [6.45, 7) is 0. The number of nitriles is 1. The summed E-state index contributed by atoms with van der Waals surface area (Å²) < 4.78 is 44.6. The highest BCUT2D eigenvalue weighted by Gasteiger charge is 2.38. The largest absolute Gasteiger partial charge is 0.573 e. The van der Waals surface area contributed by atoms with Crippen molar-refractivity contribution in [1.82, 2.24) is 0 Å². The van der Waals surface area contributed by atoms with Gasteiger partial charge in [-0.2, -0.15) is 5.26 Å².